The van der Waals surface area contributed by atoms with Crippen molar-refractivity contribution < 1.29 is 22.7 Å². The molecule has 11 heteroatoms. The van der Waals surface area contributed by atoms with Gasteiger partial charge in [-0.15, -0.1) is 0 Å². The highest BCUT2D eigenvalue weighted by Crippen LogP contribution is 2.33. The van der Waals surface area contributed by atoms with Crippen LogP contribution in [0.3, 0.4) is 0 Å². The first-order valence-electron chi connectivity index (χ1n) is 10.6. The molecule has 0 bridgehead atoms. The summed E-state index contributed by atoms with van der Waals surface area (Å²) >= 11 is 0.993. The fourth-order valence-corrected chi connectivity index (χ4v) is 5.95. The number of carbonyl (C=O) groups excluding carboxylic acids is 1. The predicted molar refractivity (Wildman–Crippen MR) is 126 cm³/mol. The number of amides is 1. The van der Waals surface area contributed by atoms with E-state index >= 15 is 0 Å². The summed E-state index contributed by atoms with van der Waals surface area (Å²) in [5.41, 5.74) is 1.57. The SMILES string of the molecule is COc1ccc(NC(=O)C2CCC(CNS(=O)(=O)c3cccc4nsnc34)CC2)c(OC)c1. The Morgan fingerprint density at radius 1 is 1.09 bits per heavy atom. The van der Waals surface area contributed by atoms with Gasteiger partial charge in [-0.05, 0) is 55.9 Å². The van der Waals surface area contributed by atoms with Crippen molar-refractivity contribution in [1.29, 1.82) is 0 Å². The Balaban J connectivity index is 1.31. The molecule has 0 atom stereocenters. The summed E-state index contributed by atoms with van der Waals surface area (Å²) in [5, 5.41) is 2.95. The van der Waals surface area contributed by atoms with Gasteiger partial charge in [-0.1, -0.05) is 6.07 Å². The summed E-state index contributed by atoms with van der Waals surface area (Å²) in [5.74, 6) is 1.18. The van der Waals surface area contributed by atoms with Crippen LogP contribution in [0.1, 0.15) is 25.7 Å². The number of fused-ring (bicyclic) bond motifs is 1. The van der Waals surface area contributed by atoms with E-state index in [2.05, 4.69) is 18.8 Å². The topological polar surface area (TPSA) is 120 Å². The van der Waals surface area contributed by atoms with Crippen LogP contribution in [0.4, 0.5) is 5.69 Å². The van der Waals surface area contributed by atoms with Crippen LogP contribution >= 0.6 is 11.7 Å². The van der Waals surface area contributed by atoms with Crippen LogP contribution in [0.5, 0.6) is 11.5 Å². The highest BCUT2D eigenvalue weighted by atomic mass is 32.2. The van der Waals surface area contributed by atoms with Gasteiger partial charge in [0.1, 0.15) is 27.4 Å². The third kappa shape index (κ3) is 5.26. The van der Waals surface area contributed by atoms with Gasteiger partial charge in [-0.3, -0.25) is 4.79 Å². The third-order valence-electron chi connectivity index (χ3n) is 5.98. The average Bonchev–Trinajstić information content (AvgIpc) is 3.32. The van der Waals surface area contributed by atoms with E-state index in [4.69, 9.17) is 9.47 Å². The zero-order chi connectivity index (χ0) is 23.4. The van der Waals surface area contributed by atoms with Gasteiger partial charge in [0.15, 0.2) is 0 Å². The predicted octanol–water partition coefficient (Wildman–Crippen LogP) is 3.43. The molecule has 33 heavy (non-hydrogen) atoms. The standard InChI is InChI=1S/C22H26N4O5S2/c1-30-16-10-11-17(19(12-16)31-2)24-22(27)15-8-6-14(7-9-15)13-23-33(28,29)20-5-3-4-18-21(20)26-32-25-18/h3-5,10-12,14-15,23H,6-9,13H2,1-2H3,(H,24,27). The largest absolute Gasteiger partial charge is 0.497 e. The first-order chi connectivity index (χ1) is 15.9. The normalized spacial score (nSPS) is 18.7. The number of aromatic nitrogens is 2. The number of hydrogen-bond acceptors (Lipinski definition) is 8. The minimum absolute atomic E-state index is 0.0554. The van der Waals surface area contributed by atoms with E-state index in [1.807, 2.05) is 0 Å². The number of rotatable bonds is 8. The highest BCUT2D eigenvalue weighted by Gasteiger charge is 2.28. The first kappa shape index (κ1) is 23.4. The summed E-state index contributed by atoms with van der Waals surface area (Å²) in [6, 6.07) is 10.2. The molecule has 4 rings (SSSR count). The second kappa shape index (κ2) is 10.0. The molecular formula is C22H26N4O5S2. The van der Waals surface area contributed by atoms with E-state index in [1.165, 1.54) is 0 Å². The summed E-state index contributed by atoms with van der Waals surface area (Å²) in [4.78, 5) is 12.9. The number of nitrogens with one attached hydrogen (secondary N) is 2. The molecular weight excluding hydrogens is 464 g/mol. The number of ether oxygens (including phenoxy) is 2. The Labute approximate surface area is 196 Å². The van der Waals surface area contributed by atoms with Crippen molar-refractivity contribution >= 4 is 44.4 Å². The van der Waals surface area contributed by atoms with Crippen molar-refractivity contribution in [2.75, 3.05) is 26.1 Å². The Kier molecular flexibility index (Phi) is 7.11. The summed E-state index contributed by atoms with van der Waals surface area (Å²) in [6.07, 6.45) is 2.93. The van der Waals surface area contributed by atoms with Crippen LogP contribution in [0, 0.1) is 11.8 Å². The van der Waals surface area contributed by atoms with Crippen LogP contribution < -0.4 is 19.5 Å². The smallest absolute Gasteiger partial charge is 0.242 e. The molecule has 2 N–H and O–H groups in total. The zero-order valence-corrected chi connectivity index (χ0v) is 20.0. The highest BCUT2D eigenvalue weighted by molar-refractivity contribution is 7.89. The molecule has 1 fully saturated rings. The fraction of sp³-hybridized carbons (Fsp3) is 0.409. The van der Waals surface area contributed by atoms with Crippen LogP contribution in [0.2, 0.25) is 0 Å². The summed E-state index contributed by atoms with van der Waals surface area (Å²) in [6.45, 7) is 0.330. The molecule has 0 unspecified atom stereocenters. The molecule has 1 aromatic heterocycles. The molecule has 1 aliphatic rings. The quantitative estimate of drug-likeness (QED) is 0.496. The van der Waals surface area contributed by atoms with Gasteiger partial charge >= 0.3 is 0 Å². The average molecular weight is 491 g/mol. The van der Waals surface area contributed by atoms with Crippen molar-refractivity contribution in [3.63, 3.8) is 0 Å². The van der Waals surface area contributed by atoms with Gasteiger partial charge < -0.3 is 14.8 Å². The molecule has 9 nitrogen and oxygen atoms in total. The molecule has 1 heterocycles. The summed E-state index contributed by atoms with van der Waals surface area (Å²) < 4.78 is 47.1. The third-order valence-corrected chi connectivity index (χ3v) is 7.98. The lowest BCUT2D eigenvalue weighted by Crippen LogP contribution is -2.33. The lowest BCUT2D eigenvalue weighted by atomic mass is 9.81. The van der Waals surface area contributed by atoms with Crippen molar-refractivity contribution in [2.24, 2.45) is 11.8 Å². The van der Waals surface area contributed by atoms with E-state index < -0.39 is 10.0 Å². The molecule has 176 valence electrons. The maximum Gasteiger partial charge on any atom is 0.242 e. The number of benzene rings is 2. The van der Waals surface area contributed by atoms with Gasteiger partial charge in [-0.25, -0.2) is 13.1 Å². The monoisotopic (exact) mass is 490 g/mol. The number of hydrogen-bond donors (Lipinski definition) is 2. The molecule has 0 spiro atoms. The minimum Gasteiger partial charge on any atom is -0.497 e. The first-order valence-corrected chi connectivity index (χ1v) is 12.9. The Hall–Kier alpha value is -2.76. The van der Waals surface area contributed by atoms with E-state index in [1.54, 1.807) is 50.6 Å². The lowest BCUT2D eigenvalue weighted by molar-refractivity contribution is -0.121. The molecule has 0 saturated heterocycles. The number of methoxy groups -OCH3 is 2. The van der Waals surface area contributed by atoms with Crippen LogP contribution in [0.15, 0.2) is 41.3 Å². The van der Waals surface area contributed by atoms with Crippen molar-refractivity contribution in [2.45, 2.75) is 30.6 Å². The fourth-order valence-electron chi connectivity index (χ4n) is 4.07. The van der Waals surface area contributed by atoms with Gasteiger partial charge in [-0.2, -0.15) is 8.75 Å². The maximum absolute atomic E-state index is 12.8. The lowest BCUT2D eigenvalue weighted by Gasteiger charge is -2.28. The Morgan fingerprint density at radius 2 is 1.88 bits per heavy atom. The van der Waals surface area contributed by atoms with Gasteiger partial charge in [0, 0.05) is 18.5 Å². The maximum atomic E-state index is 12.8. The second-order valence-corrected chi connectivity index (χ2v) is 10.3. The van der Waals surface area contributed by atoms with Gasteiger partial charge in [0.05, 0.1) is 31.6 Å². The van der Waals surface area contributed by atoms with Crippen molar-refractivity contribution in [3.05, 3.63) is 36.4 Å². The number of nitrogens with zero attached hydrogens (tertiary/aromatic N) is 2. The van der Waals surface area contributed by atoms with Gasteiger partial charge in [0.2, 0.25) is 15.9 Å². The second-order valence-electron chi connectivity index (χ2n) is 8.01. The van der Waals surface area contributed by atoms with E-state index in [-0.39, 0.29) is 22.6 Å². The van der Waals surface area contributed by atoms with E-state index in [0.29, 0.717) is 47.6 Å². The van der Waals surface area contributed by atoms with Gasteiger partial charge in [0.25, 0.3) is 0 Å². The Bertz CT molecular complexity index is 1240. The van der Waals surface area contributed by atoms with Crippen molar-refractivity contribution in [3.8, 4) is 11.5 Å². The molecule has 2 aromatic carbocycles. The summed E-state index contributed by atoms with van der Waals surface area (Å²) in [7, 11) is -0.574. The number of carbonyl (C=O) groups is 1. The number of sulfonamides is 1. The van der Waals surface area contributed by atoms with Crippen molar-refractivity contribution in [1.82, 2.24) is 13.5 Å². The van der Waals surface area contributed by atoms with E-state index in [9.17, 15) is 13.2 Å². The minimum atomic E-state index is -3.69. The molecule has 0 radical (unpaired) electrons. The van der Waals surface area contributed by atoms with Crippen LogP contribution in [0.25, 0.3) is 11.0 Å². The number of anilines is 1. The van der Waals surface area contributed by atoms with E-state index in [0.717, 1.165) is 24.6 Å². The molecule has 0 aliphatic heterocycles. The van der Waals surface area contributed by atoms with Crippen LogP contribution in [-0.2, 0) is 14.8 Å². The molecule has 3 aromatic rings. The molecule has 1 saturated carbocycles. The molecule has 1 amide bonds. The van der Waals surface area contributed by atoms with Crippen LogP contribution in [-0.4, -0.2) is 43.8 Å². The Morgan fingerprint density at radius 3 is 2.61 bits per heavy atom. The zero-order valence-electron chi connectivity index (χ0n) is 18.4. The molecule has 1 aliphatic carbocycles.